The minimum absolute atomic E-state index is 0.285. The lowest BCUT2D eigenvalue weighted by Gasteiger charge is -2.06. The first kappa shape index (κ1) is 14.2. The van der Waals surface area contributed by atoms with Crippen molar-refractivity contribution >= 4 is 22.8 Å². The number of amides is 1. The van der Waals surface area contributed by atoms with Crippen LogP contribution in [0.2, 0.25) is 0 Å². The Labute approximate surface area is 128 Å². The van der Waals surface area contributed by atoms with E-state index in [1.54, 1.807) is 4.68 Å². The van der Waals surface area contributed by atoms with E-state index in [1.165, 1.54) is 6.20 Å². The molecule has 0 unspecified atom stereocenters. The molecule has 2 heterocycles. The third-order valence-corrected chi connectivity index (χ3v) is 3.63. The van der Waals surface area contributed by atoms with Crippen molar-refractivity contribution in [2.24, 2.45) is 7.05 Å². The second-order valence-electron chi connectivity index (χ2n) is 5.10. The van der Waals surface area contributed by atoms with Crippen molar-refractivity contribution in [3.63, 3.8) is 0 Å². The summed E-state index contributed by atoms with van der Waals surface area (Å²) in [6, 6.07) is 7.46. The predicted octanol–water partition coefficient (Wildman–Crippen LogP) is 2.49. The first-order valence-corrected chi connectivity index (χ1v) is 7.15. The molecule has 3 rings (SSSR count). The third kappa shape index (κ3) is 2.43. The lowest BCUT2D eigenvalue weighted by molar-refractivity contribution is 0.102. The van der Waals surface area contributed by atoms with Crippen molar-refractivity contribution in [1.82, 2.24) is 19.7 Å². The molecule has 0 fully saturated rings. The topological polar surface area (TPSA) is 72.7 Å². The molecule has 1 aromatic carbocycles. The van der Waals surface area contributed by atoms with Crippen LogP contribution < -0.4 is 5.32 Å². The molecule has 22 heavy (non-hydrogen) atoms. The zero-order valence-corrected chi connectivity index (χ0v) is 12.8. The van der Waals surface area contributed by atoms with Crippen LogP contribution in [-0.2, 0) is 13.5 Å². The molecule has 0 atom stereocenters. The van der Waals surface area contributed by atoms with Crippen molar-refractivity contribution in [2.75, 3.05) is 5.32 Å². The van der Waals surface area contributed by atoms with Gasteiger partial charge in [-0.3, -0.25) is 14.5 Å². The Morgan fingerprint density at radius 1 is 1.27 bits per heavy atom. The summed E-state index contributed by atoms with van der Waals surface area (Å²) in [5.74, 6) is 0.406. The van der Waals surface area contributed by atoms with Crippen LogP contribution in [0.25, 0.3) is 11.0 Å². The fourth-order valence-electron chi connectivity index (χ4n) is 2.43. The third-order valence-electron chi connectivity index (χ3n) is 3.63. The number of carbonyl (C=O) groups is 1. The largest absolute Gasteiger partial charge is 0.305 e. The fraction of sp³-hybridized carbons (Fsp3) is 0.250. The van der Waals surface area contributed by atoms with Gasteiger partial charge in [-0.05, 0) is 25.5 Å². The maximum Gasteiger partial charge on any atom is 0.277 e. The van der Waals surface area contributed by atoms with E-state index in [0.29, 0.717) is 11.3 Å². The Kier molecular flexibility index (Phi) is 3.58. The number of fused-ring (bicyclic) bond motifs is 1. The minimum Gasteiger partial charge on any atom is -0.305 e. The standard InChI is InChI=1S/C16H17N5O/c1-4-11-10(2)15(21(3)20-11)19-16(22)14-9-17-12-7-5-6-8-13(12)18-14/h5-9H,4H2,1-3H3,(H,19,22). The molecule has 6 nitrogen and oxygen atoms in total. The van der Waals surface area contributed by atoms with Crippen molar-refractivity contribution in [1.29, 1.82) is 0 Å². The normalized spacial score (nSPS) is 10.9. The number of aromatic nitrogens is 4. The molecule has 0 aliphatic rings. The molecular weight excluding hydrogens is 278 g/mol. The van der Waals surface area contributed by atoms with Gasteiger partial charge in [0.05, 0.1) is 22.9 Å². The van der Waals surface area contributed by atoms with E-state index in [4.69, 9.17) is 0 Å². The van der Waals surface area contributed by atoms with E-state index in [0.717, 1.165) is 23.2 Å². The number of aryl methyl sites for hydroxylation is 2. The number of anilines is 1. The first-order chi connectivity index (χ1) is 10.6. The van der Waals surface area contributed by atoms with Crippen molar-refractivity contribution < 1.29 is 4.79 Å². The molecule has 0 saturated heterocycles. The molecule has 2 aromatic heterocycles. The van der Waals surface area contributed by atoms with Crippen LogP contribution in [0.15, 0.2) is 30.5 Å². The molecular formula is C16H17N5O. The minimum atomic E-state index is -0.285. The van der Waals surface area contributed by atoms with Crippen LogP contribution in [-0.4, -0.2) is 25.7 Å². The SMILES string of the molecule is CCc1nn(C)c(NC(=O)c2cnc3ccccc3n2)c1C. The van der Waals surface area contributed by atoms with Crippen LogP contribution in [0, 0.1) is 6.92 Å². The Hall–Kier alpha value is -2.76. The van der Waals surface area contributed by atoms with Gasteiger partial charge in [-0.15, -0.1) is 0 Å². The van der Waals surface area contributed by atoms with Crippen molar-refractivity contribution in [3.05, 3.63) is 47.4 Å². The zero-order valence-electron chi connectivity index (χ0n) is 12.8. The number of benzene rings is 1. The average Bonchev–Trinajstić information content (AvgIpc) is 2.81. The maximum atomic E-state index is 12.4. The van der Waals surface area contributed by atoms with Crippen LogP contribution in [0.4, 0.5) is 5.82 Å². The van der Waals surface area contributed by atoms with Gasteiger partial charge in [-0.1, -0.05) is 19.1 Å². The zero-order chi connectivity index (χ0) is 15.7. The summed E-state index contributed by atoms with van der Waals surface area (Å²) in [4.78, 5) is 21.0. The number of nitrogens with one attached hydrogen (secondary N) is 1. The molecule has 0 aliphatic carbocycles. The van der Waals surface area contributed by atoms with Gasteiger partial charge in [0.1, 0.15) is 11.5 Å². The summed E-state index contributed by atoms with van der Waals surface area (Å²) < 4.78 is 1.68. The van der Waals surface area contributed by atoms with Gasteiger partial charge >= 0.3 is 0 Å². The Morgan fingerprint density at radius 3 is 2.68 bits per heavy atom. The molecule has 0 aliphatic heterocycles. The highest BCUT2D eigenvalue weighted by Gasteiger charge is 2.16. The highest BCUT2D eigenvalue weighted by atomic mass is 16.2. The van der Waals surface area contributed by atoms with Crippen LogP contribution in [0.3, 0.4) is 0 Å². The second-order valence-corrected chi connectivity index (χ2v) is 5.10. The van der Waals surface area contributed by atoms with E-state index >= 15 is 0 Å². The quantitative estimate of drug-likeness (QED) is 0.805. The van der Waals surface area contributed by atoms with E-state index in [1.807, 2.05) is 45.2 Å². The molecule has 112 valence electrons. The summed E-state index contributed by atoms with van der Waals surface area (Å²) in [7, 11) is 1.81. The van der Waals surface area contributed by atoms with Gasteiger partial charge in [0, 0.05) is 12.6 Å². The molecule has 6 heteroatoms. The molecule has 3 aromatic rings. The fourth-order valence-corrected chi connectivity index (χ4v) is 2.43. The van der Waals surface area contributed by atoms with E-state index in [2.05, 4.69) is 20.4 Å². The number of nitrogens with zero attached hydrogens (tertiary/aromatic N) is 4. The number of hydrogen-bond acceptors (Lipinski definition) is 4. The maximum absolute atomic E-state index is 12.4. The summed E-state index contributed by atoms with van der Waals surface area (Å²) in [6.45, 7) is 3.99. The smallest absolute Gasteiger partial charge is 0.277 e. The lowest BCUT2D eigenvalue weighted by atomic mass is 10.2. The first-order valence-electron chi connectivity index (χ1n) is 7.15. The molecule has 0 spiro atoms. The Morgan fingerprint density at radius 2 is 2.00 bits per heavy atom. The molecule has 1 N–H and O–H groups in total. The van der Waals surface area contributed by atoms with Crippen LogP contribution in [0.1, 0.15) is 28.7 Å². The Bertz CT molecular complexity index is 853. The summed E-state index contributed by atoms with van der Waals surface area (Å²) in [6.07, 6.45) is 2.31. The van der Waals surface area contributed by atoms with E-state index in [-0.39, 0.29) is 11.6 Å². The predicted molar refractivity (Wildman–Crippen MR) is 84.8 cm³/mol. The Balaban J connectivity index is 1.92. The molecule has 0 bridgehead atoms. The van der Waals surface area contributed by atoms with E-state index in [9.17, 15) is 4.79 Å². The highest BCUT2D eigenvalue weighted by molar-refractivity contribution is 6.03. The monoisotopic (exact) mass is 295 g/mol. The lowest BCUT2D eigenvalue weighted by Crippen LogP contribution is -2.17. The summed E-state index contributed by atoms with van der Waals surface area (Å²) in [5, 5.41) is 7.26. The molecule has 1 amide bonds. The van der Waals surface area contributed by atoms with Crippen molar-refractivity contribution in [3.8, 4) is 0 Å². The van der Waals surface area contributed by atoms with Gasteiger partial charge in [0.15, 0.2) is 0 Å². The number of para-hydroxylation sites is 2. The summed E-state index contributed by atoms with van der Waals surface area (Å²) in [5.41, 5.74) is 3.71. The second kappa shape index (κ2) is 5.55. The van der Waals surface area contributed by atoms with Gasteiger partial charge < -0.3 is 5.32 Å². The van der Waals surface area contributed by atoms with Gasteiger partial charge in [-0.2, -0.15) is 5.10 Å². The van der Waals surface area contributed by atoms with Crippen LogP contribution >= 0.6 is 0 Å². The number of carbonyl (C=O) groups excluding carboxylic acids is 1. The summed E-state index contributed by atoms with van der Waals surface area (Å²) >= 11 is 0. The molecule has 0 radical (unpaired) electrons. The number of hydrogen-bond donors (Lipinski definition) is 1. The van der Waals surface area contributed by atoms with Crippen molar-refractivity contribution in [2.45, 2.75) is 20.3 Å². The van der Waals surface area contributed by atoms with Gasteiger partial charge in [-0.25, -0.2) is 4.98 Å². The van der Waals surface area contributed by atoms with Crippen LogP contribution in [0.5, 0.6) is 0 Å². The average molecular weight is 295 g/mol. The van der Waals surface area contributed by atoms with E-state index < -0.39 is 0 Å². The highest BCUT2D eigenvalue weighted by Crippen LogP contribution is 2.19. The van der Waals surface area contributed by atoms with Gasteiger partial charge in [0.2, 0.25) is 0 Å². The number of rotatable bonds is 3. The molecule has 0 saturated carbocycles. The van der Waals surface area contributed by atoms with Gasteiger partial charge in [0.25, 0.3) is 5.91 Å².